The number of nitrogens with zero attached hydrogens (tertiary/aromatic N) is 3. The van der Waals surface area contributed by atoms with Crippen molar-refractivity contribution in [3.05, 3.63) is 18.5 Å². The molecule has 3 fully saturated rings. The lowest BCUT2D eigenvalue weighted by Gasteiger charge is -2.24. The Labute approximate surface area is 134 Å². The van der Waals surface area contributed by atoms with Gasteiger partial charge in [0.25, 0.3) is 5.91 Å². The molecule has 4 heterocycles. The van der Waals surface area contributed by atoms with Gasteiger partial charge in [-0.3, -0.25) is 4.79 Å². The van der Waals surface area contributed by atoms with E-state index in [9.17, 15) is 4.79 Å². The molecule has 0 N–H and O–H groups in total. The van der Waals surface area contributed by atoms with Crippen LogP contribution in [0, 0.1) is 0 Å². The first-order chi connectivity index (χ1) is 11.2. The maximum Gasteiger partial charge on any atom is 0.316 e. The van der Waals surface area contributed by atoms with Gasteiger partial charge in [-0.25, -0.2) is 9.97 Å². The van der Waals surface area contributed by atoms with Crippen LogP contribution in [-0.4, -0.2) is 64.9 Å². The van der Waals surface area contributed by atoms with E-state index < -0.39 is 0 Å². The summed E-state index contributed by atoms with van der Waals surface area (Å²) in [5.41, 5.74) is -0.284. The molecule has 0 aliphatic carbocycles. The maximum absolute atomic E-state index is 12.5. The lowest BCUT2D eigenvalue weighted by Crippen LogP contribution is -2.40. The number of rotatable bonds is 3. The van der Waals surface area contributed by atoms with Gasteiger partial charge in [-0.15, -0.1) is 0 Å². The number of aromatic nitrogens is 2. The van der Waals surface area contributed by atoms with Crippen molar-refractivity contribution >= 4 is 5.91 Å². The first-order valence-corrected chi connectivity index (χ1v) is 8.22. The van der Waals surface area contributed by atoms with Crippen molar-refractivity contribution < 1.29 is 19.0 Å². The Morgan fingerprint density at radius 3 is 3.04 bits per heavy atom. The Morgan fingerprint density at radius 2 is 2.26 bits per heavy atom. The van der Waals surface area contributed by atoms with Crippen LogP contribution in [0.25, 0.3) is 0 Å². The van der Waals surface area contributed by atoms with Crippen LogP contribution in [0.5, 0.6) is 6.01 Å². The van der Waals surface area contributed by atoms with Gasteiger partial charge in [0, 0.05) is 38.5 Å². The highest BCUT2D eigenvalue weighted by Crippen LogP contribution is 2.36. The molecule has 1 spiro atoms. The molecule has 3 aliphatic heterocycles. The third-order valence-electron chi connectivity index (χ3n) is 4.82. The first kappa shape index (κ1) is 14.8. The normalized spacial score (nSPS) is 33.5. The Balaban J connectivity index is 1.34. The molecule has 124 valence electrons. The minimum Gasteiger partial charge on any atom is -0.458 e. The van der Waals surface area contributed by atoms with E-state index in [0.717, 1.165) is 32.2 Å². The van der Waals surface area contributed by atoms with Crippen LogP contribution in [0.2, 0.25) is 0 Å². The van der Waals surface area contributed by atoms with E-state index >= 15 is 0 Å². The van der Waals surface area contributed by atoms with Crippen molar-refractivity contribution in [2.75, 3.05) is 26.3 Å². The molecule has 0 bridgehead atoms. The van der Waals surface area contributed by atoms with E-state index in [0.29, 0.717) is 25.8 Å². The van der Waals surface area contributed by atoms with E-state index in [1.807, 2.05) is 4.90 Å². The molecule has 4 rings (SSSR count). The fourth-order valence-electron chi connectivity index (χ4n) is 3.67. The predicted octanol–water partition coefficient (Wildman–Crippen LogP) is 0.794. The SMILES string of the molecule is O=C([C@H]1CCCO1)N1CC[C@]2(C[C@H](Oc3ncccn3)CO2)C1. The van der Waals surface area contributed by atoms with Gasteiger partial charge in [-0.2, -0.15) is 0 Å². The molecule has 1 aromatic heterocycles. The van der Waals surface area contributed by atoms with Crippen molar-refractivity contribution in [1.82, 2.24) is 14.9 Å². The van der Waals surface area contributed by atoms with Crippen molar-refractivity contribution in [3.63, 3.8) is 0 Å². The number of likely N-dealkylation sites (tertiary alicyclic amines) is 1. The van der Waals surface area contributed by atoms with Gasteiger partial charge < -0.3 is 19.1 Å². The van der Waals surface area contributed by atoms with Crippen LogP contribution in [-0.2, 0) is 14.3 Å². The van der Waals surface area contributed by atoms with Crippen molar-refractivity contribution in [1.29, 1.82) is 0 Å². The van der Waals surface area contributed by atoms with Crippen molar-refractivity contribution in [2.24, 2.45) is 0 Å². The van der Waals surface area contributed by atoms with E-state index in [4.69, 9.17) is 14.2 Å². The van der Waals surface area contributed by atoms with Crippen LogP contribution < -0.4 is 4.74 Å². The molecule has 3 aliphatic rings. The minimum atomic E-state index is -0.284. The van der Waals surface area contributed by atoms with Gasteiger partial charge >= 0.3 is 6.01 Å². The Hall–Kier alpha value is -1.73. The molecule has 0 saturated carbocycles. The monoisotopic (exact) mass is 319 g/mol. The van der Waals surface area contributed by atoms with E-state index in [-0.39, 0.29) is 23.7 Å². The van der Waals surface area contributed by atoms with Crippen LogP contribution >= 0.6 is 0 Å². The fraction of sp³-hybridized carbons (Fsp3) is 0.688. The molecule has 3 atom stereocenters. The number of amides is 1. The number of hydrogen-bond donors (Lipinski definition) is 0. The minimum absolute atomic E-state index is 0.0600. The van der Waals surface area contributed by atoms with Gasteiger partial charge in [0.05, 0.1) is 12.2 Å². The van der Waals surface area contributed by atoms with Crippen LogP contribution in [0.15, 0.2) is 18.5 Å². The molecular formula is C16H21N3O4. The summed E-state index contributed by atoms with van der Waals surface area (Å²) in [5.74, 6) is 0.110. The van der Waals surface area contributed by atoms with Crippen molar-refractivity contribution in [3.8, 4) is 6.01 Å². The molecule has 7 heteroatoms. The van der Waals surface area contributed by atoms with Crippen LogP contribution in [0.3, 0.4) is 0 Å². The summed E-state index contributed by atoms with van der Waals surface area (Å²) in [7, 11) is 0. The third kappa shape index (κ3) is 3.03. The fourth-order valence-corrected chi connectivity index (χ4v) is 3.67. The summed E-state index contributed by atoms with van der Waals surface area (Å²) in [5, 5.41) is 0. The molecule has 1 aromatic rings. The first-order valence-electron chi connectivity index (χ1n) is 8.22. The average molecular weight is 319 g/mol. The van der Waals surface area contributed by atoms with Crippen molar-refractivity contribution in [2.45, 2.75) is 43.5 Å². The Morgan fingerprint density at radius 1 is 1.39 bits per heavy atom. The second-order valence-electron chi connectivity index (χ2n) is 6.48. The second-order valence-corrected chi connectivity index (χ2v) is 6.48. The summed E-state index contributed by atoms with van der Waals surface area (Å²) in [6.07, 6.45) is 6.42. The highest BCUT2D eigenvalue weighted by Gasteiger charge is 2.48. The number of carbonyl (C=O) groups excluding carboxylic acids is 1. The van der Waals surface area contributed by atoms with Crippen LogP contribution in [0.4, 0.5) is 0 Å². The van der Waals surface area contributed by atoms with Crippen LogP contribution in [0.1, 0.15) is 25.7 Å². The molecule has 0 radical (unpaired) electrons. The topological polar surface area (TPSA) is 73.8 Å². The predicted molar refractivity (Wildman–Crippen MR) is 79.9 cm³/mol. The molecule has 1 amide bonds. The standard InChI is InChI=1S/C16H21N3O4/c20-14(13-3-1-8-21-13)19-7-4-16(11-19)9-12(10-22-16)23-15-17-5-2-6-18-15/h2,5-6,12-13H,1,3-4,7-11H2/t12-,13+,16-/m0/s1. The van der Waals surface area contributed by atoms with E-state index in [1.165, 1.54) is 0 Å². The Kier molecular flexibility index (Phi) is 3.90. The summed E-state index contributed by atoms with van der Waals surface area (Å²) < 4.78 is 17.3. The zero-order valence-corrected chi connectivity index (χ0v) is 13.0. The lowest BCUT2D eigenvalue weighted by molar-refractivity contribution is -0.140. The highest BCUT2D eigenvalue weighted by molar-refractivity contribution is 5.81. The molecule has 3 saturated heterocycles. The number of carbonyl (C=O) groups is 1. The van der Waals surface area contributed by atoms with Gasteiger partial charge in [0.15, 0.2) is 0 Å². The quantitative estimate of drug-likeness (QED) is 0.820. The zero-order valence-electron chi connectivity index (χ0n) is 13.0. The van der Waals surface area contributed by atoms with Gasteiger partial charge in [-0.1, -0.05) is 0 Å². The molecule has 0 aromatic carbocycles. The number of hydrogen-bond acceptors (Lipinski definition) is 6. The largest absolute Gasteiger partial charge is 0.458 e. The maximum atomic E-state index is 12.5. The van der Waals surface area contributed by atoms with Gasteiger partial charge in [0.2, 0.25) is 0 Å². The molecule has 7 nitrogen and oxygen atoms in total. The summed E-state index contributed by atoms with van der Waals surface area (Å²) >= 11 is 0. The summed E-state index contributed by atoms with van der Waals surface area (Å²) in [6.45, 7) is 2.56. The van der Waals surface area contributed by atoms with E-state index in [2.05, 4.69) is 9.97 Å². The summed E-state index contributed by atoms with van der Waals surface area (Å²) in [4.78, 5) is 22.5. The Bertz CT molecular complexity index is 564. The van der Waals surface area contributed by atoms with E-state index in [1.54, 1.807) is 18.5 Å². The third-order valence-corrected chi connectivity index (χ3v) is 4.82. The zero-order chi connectivity index (χ0) is 15.7. The average Bonchev–Trinajstić information content (AvgIpc) is 3.31. The molecule has 23 heavy (non-hydrogen) atoms. The second kappa shape index (κ2) is 6.05. The van der Waals surface area contributed by atoms with Gasteiger partial charge in [0.1, 0.15) is 12.2 Å². The highest BCUT2D eigenvalue weighted by atomic mass is 16.6. The molecular weight excluding hydrogens is 298 g/mol. The summed E-state index contributed by atoms with van der Waals surface area (Å²) in [6, 6.07) is 2.13. The molecule has 0 unspecified atom stereocenters. The van der Waals surface area contributed by atoms with Gasteiger partial charge in [-0.05, 0) is 25.3 Å². The number of ether oxygens (including phenoxy) is 3. The smallest absolute Gasteiger partial charge is 0.316 e. The lowest BCUT2D eigenvalue weighted by atomic mass is 9.98.